The Hall–Kier alpha value is -1.49. The summed E-state index contributed by atoms with van der Waals surface area (Å²) in [5.74, 6) is 0.588. The third-order valence-corrected chi connectivity index (χ3v) is 3.91. The third kappa shape index (κ3) is 1.99. The Bertz CT molecular complexity index is 463. The molecular weight excluding hydrogens is 230 g/mol. The molecule has 3 rings (SSSR count). The van der Waals surface area contributed by atoms with Crippen LogP contribution in [-0.4, -0.2) is 46.8 Å². The Morgan fingerprint density at radius 3 is 3.22 bits per heavy atom. The number of fused-ring (bicyclic) bond motifs is 1. The van der Waals surface area contributed by atoms with E-state index >= 15 is 0 Å². The summed E-state index contributed by atoms with van der Waals surface area (Å²) in [5.41, 5.74) is 1.37. The third-order valence-electron chi connectivity index (χ3n) is 3.91. The first kappa shape index (κ1) is 11.6. The van der Waals surface area contributed by atoms with Crippen molar-refractivity contribution in [3.05, 3.63) is 23.5 Å². The number of hydrogen-bond acceptors (Lipinski definition) is 4. The van der Waals surface area contributed by atoms with Crippen LogP contribution in [0.2, 0.25) is 0 Å². The van der Waals surface area contributed by atoms with Crippen LogP contribution in [0.1, 0.15) is 28.9 Å². The van der Waals surface area contributed by atoms with Gasteiger partial charge in [-0.05, 0) is 25.8 Å². The van der Waals surface area contributed by atoms with Crippen LogP contribution in [0, 0.1) is 12.8 Å². The van der Waals surface area contributed by atoms with E-state index in [1.807, 2.05) is 11.8 Å². The lowest BCUT2D eigenvalue weighted by molar-refractivity contribution is 0.0305. The maximum Gasteiger partial charge on any atom is 0.255 e. The zero-order valence-electron chi connectivity index (χ0n) is 10.5. The molecule has 18 heavy (non-hydrogen) atoms. The molecule has 0 radical (unpaired) electrons. The van der Waals surface area contributed by atoms with E-state index in [1.165, 1.54) is 0 Å². The van der Waals surface area contributed by atoms with Crippen molar-refractivity contribution in [2.45, 2.75) is 25.9 Å². The highest BCUT2D eigenvalue weighted by Crippen LogP contribution is 2.29. The predicted octanol–water partition coefficient (Wildman–Crippen LogP) is 1.04. The second kappa shape index (κ2) is 4.65. The van der Waals surface area contributed by atoms with Gasteiger partial charge in [0.25, 0.3) is 5.91 Å². The van der Waals surface area contributed by atoms with Crippen LogP contribution in [-0.2, 0) is 4.74 Å². The molecule has 96 valence electrons. The van der Waals surface area contributed by atoms with Gasteiger partial charge in [-0.1, -0.05) is 0 Å². The molecule has 0 saturated carbocycles. The van der Waals surface area contributed by atoms with Crippen LogP contribution in [0.25, 0.3) is 0 Å². The fourth-order valence-electron chi connectivity index (χ4n) is 2.86. The average molecular weight is 247 g/mol. The molecule has 0 aliphatic carbocycles. The summed E-state index contributed by atoms with van der Waals surface area (Å²) in [5, 5.41) is 7.72. The number of aryl methyl sites for hydroxylation is 1. The van der Waals surface area contributed by atoms with Crippen molar-refractivity contribution in [2.24, 2.45) is 5.92 Å². The van der Waals surface area contributed by atoms with Gasteiger partial charge in [0.05, 0.1) is 23.6 Å². The molecule has 0 unspecified atom stereocenters. The molecule has 2 fully saturated rings. The molecule has 1 aromatic heterocycles. The quantitative estimate of drug-likeness (QED) is 0.744. The molecule has 2 aliphatic heterocycles. The molecule has 0 bridgehead atoms. The minimum atomic E-state index is 0.0766. The number of piperidine rings is 1. The number of carbonyl (C=O) groups excluding carboxylic acids is 1. The number of amides is 1. The van der Waals surface area contributed by atoms with Gasteiger partial charge >= 0.3 is 0 Å². The summed E-state index contributed by atoms with van der Waals surface area (Å²) in [4.78, 5) is 14.4. The lowest BCUT2D eigenvalue weighted by Crippen LogP contribution is -2.44. The van der Waals surface area contributed by atoms with Crippen molar-refractivity contribution in [1.82, 2.24) is 15.1 Å². The fraction of sp³-hybridized carbons (Fsp3) is 0.615. The summed E-state index contributed by atoms with van der Waals surface area (Å²) in [6, 6.07) is 1.75. The molecule has 5 nitrogen and oxygen atoms in total. The first-order valence-corrected chi connectivity index (χ1v) is 6.45. The average Bonchev–Trinajstić information content (AvgIpc) is 2.85. The zero-order valence-corrected chi connectivity index (χ0v) is 10.5. The van der Waals surface area contributed by atoms with Gasteiger partial charge in [0, 0.05) is 25.6 Å². The number of ether oxygens (including phenoxy) is 1. The first-order valence-electron chi connectivity index (χ1n) is 6.45. The van der Waals surface area contributed by atoms with Crippen LogP contribution in [0.5, 0.6) is 0 Å². The Morgan fingerprint density at radius 1 is 1.50 bits per heavy atom. The predicted molar refractivity (Wildman–Crippen MR) is 65.1 cm³/mol. The molecular formula is C13H17N3O2. The normalized spacial score (nSPS) is 27.1. The lowest BCUT2D eigenvalue weighted by Gasteiger charge is -2.34. The number of nitrogens with zero attached hydrogens (tertiary/aromatic N) is 3. The maximum atomic E-state index is 12.4. The molecule has 0 spiro atoms. The van der Waals surface area contributed by atoms with Crippen molar-refractivity contribution in [2.75, 3.05) is 19.7 Å². The summed E-state index contributed by atoms with van der Waals surface area (Å²) < 4.78 is 5.65. The highest BCUT2D eigenvalue weighted by Gasteiger charge is 2.35. The van der Waals surface area contributed by atoms with E-state index in [0.717, 1.165) is 32.5 Å². The Morgan fingerprint density at radius 2 is 2.39 bits per heavy atom. The van der Waals surface area contributed by atoms with Gasteiger partial charge in [-0.2, -0.15) is 10.2 Å². The SMILES string of the molecule is Cc1nnccc1C(=O)N1CC[C@@H]2OCC[C@@H]2C1. The van der Waals surface area contributed by atoms with Gasteiger partial charge in [0.15, 0.2) is 0 Å². The molecule has 0 N–H and O–H groups in total. The molecule has 1 amide bonds. The van der Waals surface area contributed by atoms with Gasteiger partial charge in [0.2, 0.25) is 0 Å². The zero-order chi connectivity index (χ0) is 12.5. The molecule has 3 heterocycles. The molecule has 2 saturated heterocycles. The van der Waals surface area contributed by atoms with E-state index < -0.39 is 0 Å². The summed E-state index contributed by atoms with van der Waals surface area (Å²) in [6.45, 7) is 4.26. The van der Waals surface area contributed by atoms with Crippen molar-refractivity contribution >= 4 is 5.91 Å². The van der Waals surface area contributed by atoms with E-state index in [0.29, 0.717) is 23.3 Å². The Labute approximate surface area is 106 Å². The van der Waals surface area contributed by atoms with Crippen molar-refractivity contribution in [3.63, 3.8) is 0 Å². The van der Waals surface area contributed by atoms with Gasteiger partial charge in [-0.3, -0.25) is 4.79 Å². The van der Waals surface area contributed by atoms with Crippen molar-refractivity contribution < 1.29 is 9.53 Å². The van der Waals surface area contributed by atoms with E-state index in [4.69, 9.17) is 4.74 Å². The van der Waals surface area contributed by atoms with E-state index in [1.54, 1.807) is 12.3 Å². The van der Waals surface area contributed by atoms with E-state index in [-0.39, 0.29) is 5.91 Å². The molecule has 5 heteroatoms. The number of likely N-dealkylation sites (tertiary alicyclic amines) is 1. The smallest absolute Gasteiger partial charge is 0.255 e. The lowest BCUT2D eigenvalue weighted by atomic mass is 9.94. The summed E-state index contributed by atoms with van der Waals surface area (Å²) >= 11 is 0. The van der Waals surface area contributed by atoms with Gasteiger partial charge in [-0.25, -0.2) is 0 Å². The molecule has 0 aromatic carbocycles. The van der Waals surface area contributed by atoms with Crippen molar-refractivity contribution in [1.29, 1.82) is 0 Å². The standard InChI is InChI=1S/C13H17N3O2/c1-9-11(2-5-14-15-9)13(17)16-6-3-12-10(8-16)4-7-18-12/h2,5,10,12H,3-4,6-8H2,1H3/t10-,12+/m1/s1. The van der Waals surface area contributed by atoms with Crippen LogP contribution in [0.15, 0.2) is 12.3 Å². The number of carbonyl (C=O) groups is 1. The number of rotatable bonds is 1. The number of aromatic nitrogens is 2. The molecule has 2 aliphatic rings. The minimum absolute atomic E-state index is 0.0766. The fourth-order valence-corrected chi connectivity index (χ4v) is 2.86. The van der Waals surface area contributed by atoms with Crippen LogP contribution >= 0.6 is 0 Å². The minimum Gasteiger partial charge on any atom is -0.378 e. The van der Waals surface area contributed by atoms with Gasteiger partial charge in [0.1, 0.15) is 0 Å². The highest BCUT2D eigenvalue weighted by atomic mass is 16.5. The Kier molecular flexibility index (Phi) is 2.99. The monoisotopic (exact) mass is 247 g/mol. The van der Waals surface area contributed by atoms with Gasteiger partial charge < -0.3 is 9.64 Å². The topological polar surface area (TPSA) is 55.3 Å². The summed E-state index contributed by atoms with van der Waals surface area (Å²) in [6.07, 6.45) is 3.97. The molecule has 2 atom stereocenters. The van der Waals surface area contributed by atoms with Gasteiger partial charge in [-0.15, -0.1) is 0 Å². The van der Waals surface area contributed by atoms with E-state index in [2.05, 4.69) is 10.2 Å². The van der Waals surface area contributed by atoms with Crippen LogP contribution in [0.3, 0.4) is 0 Å². The maximum absolute atomic E-state index is 12.4. The Balaban J connectivity index is 1.75. The summed E-state index contributed by atoms with van der Waals surface area (Å²) in [7, 11) is 0. The van der Waals surface area contributed by atoms with Crippen LogP contribution < -0.4 is 0 Å². The second-order valence-electron chi connectivity index (χ2n) is 5.03. The largest absolute Gasteiger partial charge is 0.378 e. The number of hydrogen-bond donors (Lipinski definition) is 0. The van der Waals surface area contributed by atoms with Crippen LogP contribution in [0.4, 0.5) is 0 Å². The first-order chi connectivity index (χ1) is 8.75. The van der Waals surface area contributed by atoms with E-state index in [9.17, 15) is 4.79 Å². The van der Waals surface area contributed by atoms with Crippen molar-refractivity contribution in [3.8, 4) is 0 Å². The second-order valence-corrected chi connectivity index (χ2v) is 5.03. The highest BCUT2D eigenvalue weighted by molar-refractivity contribution is 5.95. The molecule has 1 aromatic rings.